The van der Waals surface area contributed by atoms with Gasteiger partial charge in [-0.15, -0.1) is 0 Å². The van der Waals surface area contributed by atoms with Gasteiger partial charge in [0.1, 0.15) is 22.5 Å². The van der Waals surface area contributed by atoms with Crippen LogP contribution in [0, 0.1) is 6.92 Å². The van der Waals surface area contributed by atoms with Crippen LogP contribution in [0.25, 0.3) is 22.3 Å². The van der Waals surface area contributed by atoms with Crippen LogP contribution in [0.1, 0.15) is 12.1 Å². The molecule has 4 aromatic rings. The van der Waals surface area contributed by atoms with Gasteiger partial charge in [-0.1, -0.05) is 12.1 Å². The van der Waals surface area contributed by atoms with Crippen LogP contribution >= 0.6 is 0 Å². The van der Waals surface area contributed by atoms with Crippen molar-refractivity contribution in [3.05, 3.63) is 64.8 Å². The molecule has 8 nitrogen and oxygen atoms in total. The lowest BCUT2D eigenvalue weighted by atomic mass is 10.1. The minimum absolute atomic E-state index is 0.0179. The van der Waals surface area contributed by atoms with Crippen LogP contribution in [0.3, 0.4) is 0 Å². The summed E-state index contributed by atoms with van der Waals surface area (Å²) in [5.74, 6) is -1.35. The Morgan fingerprint density at radius 2 is 1.97 bits per heavy atom. The molecule has 0 saturated carbocycles. The van der Waals surface area contributed by atoms with E-state index in [0.29, 0.717) is 17.8 Å². The maximum atomic E-state index is 12.6. The predicted molar refractivity (Wildman–Crippen MR) is 113 cm³/mol. The molecule has 0 amide bonds. The van der Waals surface area contributed by atoms with Crippen molar-refractivity contribution in [3.63, 3.8) is 0 Å². The van der Waals surface area contributed by atoms with Gasteiger partial charge in [0, 0.05) is 48.4 Å². The van der Waals surface area contributed by atoms with E-state index in [0.717, 1.165) is 24.7 Å². The zero-order valence-electron chi connectivity index (χ0n) is 16.3. The maximum Gasteiger partial charge on any atom is 0.238 e. The fourth-order valence-electron chi connectivity index (χ4n) is 3.39. The summed E-state index contributed by atoms with van der Waals surface area (Å²) >= 11 is 0. The average Bonchev–Trinajstić information content (AvgIpc) is 3.12. The number of hydrogen-bond donors (Lipinski definition) is 4. The van der Waals surface area contributed by atoms with Crippen molar-refractivity contribution in [2.24, 2.45) is 0 Å². The van der Waals surface area contributed by atoms with Gasteiger partial charge in [-0.05, 0) is 25.5 Å². The van der Waals surface area contributed by atoms with Crippen LogP contribution < -0.4 is 10.7 Å². The first kappa shape index (κ1) is 19.4. The van der Waals surface area contributed by atoms with Crippen molar-refractivity contribution in [3.8, 4) is 28.6 Å². The highest BCUT2D eigenvalue weighted by molar-refractivity contribution is 5.89. The molecule has 154 valence electrons. The number of imidazole rings is 1. The number of benzene rings is 2. The molecule has 0 atom stereocenters. The Morgan fingerprint density at radius 1 is 1.17 bits per heavy atom. The van der Waals surface area contributed by atoms with E-state index in [2.05, 4.69) is 14.9 Å². The van der Waals surface area contributed by atoms with Gasteiger partial charge in [0.2, 0.25) is 11.2 Å². The zero-order valence-corrected chi connectivity index (χ0v) is 16.3. The van der Waals surface area contributed by atoms with Crippen molar-refractivity contribution < 1.29 is 19.7 Å². The van der Waals surface area contributed by atoms with Crippen LogP contribution in [-0.2, 0) is 6.54 Å². The van der Waals surface area contributed by atoms with E-state index < -0.39 is 16.9 Å². The molecule has 2 aromatic heterocycles. The summed E-state index contributed by atoms with van der Waals surface area (Å²) in [7, 11) is 0. The van der Waals surface area contributed by atoms with E-state index in [-0.39, 0.29) is 22.5 Å². The number of phenolic OH excluding ortho intramolecular Hbond substituents is 2. The van der Waals surface area contributed by atoms with Crippen LogP contribution in [-0.4, -0.2) is 31.4 Å². The number of anilines is 1. The van der Waals surface area contributed by atoms with E-state index in [1.165, 1.54) is 6.07 Å². The van der Waals surface area contributed by atoms with E-state index in [1.807, 2.05) is 25.3 Å². The minimum Gasteiger partial charge on any atom is -0.508 e. The van der Waals surface area contributed by atoms with Gasteiger partial charge in [-0.2, -0.15) is 0 Å². The van der Waals surface area contributed by atoms with Gasteiger partial charge < -0.3 is 29.6 Å². The first-order valence-electron chi connectivity index (χ1n) is 9.47. The fourth-order valence-corrected chi connectivity index (χ4v) is 3.39. The van der Waals surface area contributed by atoms with Gasteiger partial charge in [0.25, 0.3) is 0 Å². The van der Waals surface area contributed by atoms with Gasteiger partial charge in [-0.3, -0.25) is 4.79 Å². The number of nitrogens with one attached hydrogen (secondary N) is 1. The quantitative estimate of drug-likeness (QED) is 0.361. The molecule has 0 aliphatic rings. The topological polar surface area (TPSA) is 121 Å². The molecule has 0 radical (unpaired) electrons. The molecule has 8 heteroatoms. The van der Waals surface area contributed by atoms with Crippen molar-refractivity contribution in [1.29, 1.82) is 0 Å². The van der Waals surface area contributed by atoms with E-state index in [9.17, 15) is 20.1 Å². The fraction of sp³-hybridized carbons (Fsp3) is 0.182. The molecule has 2 aromatic carbocycles. The molecule has 0 aliphatic carbocycles. The molecule has 30 heavy (non-hydrogen) atoms. The normalized spacial score (nSPS) is 11.1. The van der Waals surface area contributed by atoms with Crippen molar-refractivity contribution in [2.75, 3.05) is 11.9 Å². The van der Waals surface area contributed by atoms with Crippen molar-refractivity contribution >= 4 is 16.7 Å². The average molecular weight is 407 g/mol. The lowest BCUT2D eigenvalue weighted by Gasteiger charge is -2.13. The molecule has 0 unspecified atom stereocenters. The summed E-state index contributed by atoms with van der Waals surface area (Å²) in [5.41, 5.74) is 1.48. The summed E-state index contributed by atoms with van der Waals surface area (Å²) in [5, 5.41) is 33.3. The third kappa shape index (κ3) is 3.55. The Morgan fingerprint density at radius 3 is 2.73 bits per heavy atom. The summed E-state index contributed by atoms with van der Waals surface area (Å²) in [6.45, 7) is 3.44. The molecule has 0 fully saturated rings. The molecule has 0 bridgehead atoms. The second-order valence-corrected chi connectivity index (χ2v) is 7.00. The second-order valence-electron chi connectivity index (χ2n) is 7.00. The van der Waals surface area contributed by atoms with Crippen LogP contribution in [0.5, 0.6) is 17.2 Å². The highest BCUT2D eigenvalue weighted by Crippen LogP contribution is 2.37. The van der Waals surface area contributed by atoms with Gasteiger partial charge in [-0.25, -0.2) is 4.98 Å². The molecule has 0 spiro atoms. The predicted octanol–water partition coefficient (Wildman–Crippen LogP) is 3.58. The molecule has 2 heterocycles. The number of aromatic nitrogens is 2. The summed E-state index contributed by atoms with van der Waals surface area (Å²) in [6.07, 6.45) is 4.43. The Balaban J connectivity index is 1.65. The number of hydrogen-bond acceptors (Lipinski definition) is 7. The van der Waals surface area contributed by atoms with Crippen LogP contribution in [0.15, 0.2) is 58.1 Å². The van der Waals surface area contributed by atoms with E-state index in [1.54, 1.807) is 18.5 Å². The number of aryl methyl sites for hydroxylation is 2. The number of phenols is 2. The van der Waals surface area contributed by atoms with Crippen molar-refractivity contribution in [2.45, 2.75) is 19.9 Å². The molecular formula is C22H21N3O5. The molecule has 0 saturated heterocycles. The Labute approximate surface area is 171 Å². The number of para-hydroxylation sites is 1. The van der Waals surface area contributed by atoms with Crippen LogP contribution in [0.4, 0.5) is 5.69 Å². The minimum atomic E-state index is -0.769. The molecular weight excluding hydrogens is 386 g/mol. The lowest BCUT2D eigenvalue weighted by molar-refractivity contribution is 0.438. The van der Waals surface area contributed by atoms with Gasteiger partial charge in [0.15, 0.2) is 5.76 Å². The molecule has 4 rings (SSSR count). The summed E-state index contributed by atoms with van der Waals surface area (Å²) in [4.78, 5) is 16.7. The highest BCUT2D eigenvalue weighted by Gasteiger charge is 2.20. The third-order valence-electron chi connectivity index (χ3n) is 4.92. The molecule has 0 aliphatic heterocycles. The lowest BCUT2D eigenvalue weighted by Crippen LogP contribution is -2.08. The maximum absolute atomic E-state index is 12.6. The van der Waals surface area contributed by atoms with Gasteiger partial charge in [0.05, 0.1) is 6.33 Å². The van der Waals surface area contributed by atoms with E-state index in [4.69, 9.17) is 4.42 Å². The Hall–Kier alpha value is -3.94. The number of aromatic hydroxyl groups is 3. The highest BCUT2D eigenvalue weighted by atomic mass is 16.4. The number of nitrogens with zero attached hydrogens (tertiary/aromatic N) is 2. The summed E-state index contributed by atoms with van der Waals surface area (Å²) in [6, 6.07) is 9.38. The van der Waals surface area contributed by atoms with Gasteiger partial charge >= 0.3 is 0 Å². The first-order chi connectivity index (χ1) is 14.5. The largest absolute Gasteiger partial charge is 0.508 e. The second kappa shape index (κ2) is 7.82. The SMILES string of the molecule is Cc1cncn1CCCNc1ccccc1-c1oc2cc(O)cc(O)c2c(=O)c1O. The smallest absolute Gasteiger partial charge is 0.238 e. The number of fused-ring (bicyclic) bond motifs is 1. The monoisotopic (exact) mass is 407 g/mol. The standard InChI is InChI=1S/C22H21N3O5/c1-13-11-23-12-25(13)8-4-7-24-16-6-3-2-5-15(16)22-21(29)20(28)19-17(27)9-14(26)10-18(19)30-22/h2-3,5-6,9-12,24,26-27,29H,4,7-8H2,1H3. The van der Waals surface area contributed by atoms with Crippen molar-refractivity contribution in [1.82, 2.24) is 9.55 Å². The summed E-state index contributed by atoms with van der Waals surface area (Å²) < 4.78 is 7.78. The Kier molecular flexibility index (Phi) is 5.05. The number of rotatable bonds is 6. The van der Waals surface area contributed by atoms with Crippen LogP contribution in [0.2, 0.25) is 0 Å². The Bertz CT molecular complexity index is 1280. The zero-order chi connectivity index (χ0) is 21.3. The van der Waals surface area contributed by atoms with E-state index >= 15 is 0 Å². The first-order valence-corrected chi connectivity index (χ1v) is 9.47. The third-order valence-corrected chi connectivity index (χ3v) is 4.92. The molecule has 4 N–H and O–H groups in total.